The van der Waals surface area contributed by atoms with E-state index >= 15 is 0 Å². The molecule has 1 aliphatic rings. The van der Waals surface area contributed by atoms with Gasteiger partial charge in [0, 0.05) is 28.8 Å². The van der Waals surface area contributed by atoms with Crippen LogP contribution >= 0.6 is 0 Å². The van der Waals surface area contributed by atoms with E-state index in [1.165, 1.54) is 16.7 Å². The number of aryl methyl sites for hydroxylation is 3. The molecular weight excluding hydrogens is 402 g/mol. The van der Waals surface area contributed by atoms with Gasteiger partial charge in [-0.25, -0.2) is 0 Å². The van der Waals surface area contributed by atoms with E-state index in [4.69, 9.17) is 9.73 Å². The Morgan fingerprint density at radius 2 is 1.39 bits per heavy atom. The molecule has 33 heavy (non-hydrogen) atoms. The first kappa shape index (κ1) is 21.0. The van der Waals surface area contributed by atoms with Crippen molar-refractivity contribution in [1.29, 1.82) is 0 Å². The molecule has 0 fully saturated rings. The fourth-order valence-electron chi connectivity index (χ4n) is 4.56. The van der Waals surface area contributed by atoms with Gasteiger partial charge in [0.2, 0.25) is 0 Å². The van der Waals surface area contributed by atoms with Crippen LogP contribution in [0.4, 0.5) is 5.69 Å². The van der Waals surface area contributed by atoms with Crippen LogP contribution in [0.3, 0.4) is 0 Å². The average Bonchev–Trinajstić information content (AvgIpc) is 2.84. The molecule has 0 saturated carbocycles. The van der Waals surface area contributed by atoms with Gasteiger partial charge in [0.15, 0.2) is 0 Å². The third kappa shape index (κ3) is 4.12. The molecule has 4 aromatic carbocycles. The molecule has 162 valence electrons. The van der Waals surface area contributed by atoms with Crippen LogP contribution in [-0.2, 0) is 0 Å². The Bertz CT molecular complexity index is 1360. The molecule has 0 radical (unpaired) electrons. The second kappa shape index (κ2) is 8.91. The summed E-state index contributed by atoms with van der Waals surface area (Å²) in [4.78, 5) is 4.96. The van der Waals surface area contributed by atoms with Gasteiger partial charge in [-0.3, -0.25) is 4.99 Å². The summed E-state index contributed by atoms with van der Waals surface area (Å²) in [7, 11) is 0. The second-order valence-electron chi connectivity index (χ2n) is 8.63. The molecule has 0 aliphatic carbocycles. The first-order chi connectivity index (χ1) is 16.1. The molecule has 1 aliphatic heterocycles. The number of rotatable bonds is 4. The summed E-state index contributed by atoms with van der Waals surface area (Å²) < 4.78 is 6.55. The van der Waals surface area contributed by atoms with E-state index in [0.717, 1.165) is 39.5 Å². The lowest BCUT2D eigenvalue weighted by atomic mass is 9.80. The van der Waals surface area contributed by atoms with Gasteiger partial charge in [-0.05, 0) is 49.6 Å². The van der Waals surface area contributed by atoms with E-state index < -0.39 is 0 Å². The maximum Gasteiger partial charge on any atom is 0.140 e. The van der Waals surface area contributed by atoms with Crippen LogP contribution in [0.15, 0.2) is 108 Å². The highest BCUT2D eigenvalue weighted by atomic mass is 16.5. The summed E-state index contributed by atoms with van der Waals surface area (Å²) in [6.45, 7) is 6.39. The molecule has 1 atom stereocenters. The van der Waals surface area contributed by atoms with Gasteiger partial charge >= 0.3 is 0 Å². The van der Waals surface area contributed by atoms with E-state index in [1.54, 1.807) is 0 Å². The Labute approximate surface area is 195 Å². The Kier molecular flexibility index (Phi) is 5.66. The summed E-state index contributed by atoms with van der Waals surface area (Å²) in [6, 6.07) is 33.6. The number of ether oxygens (including phenoxy) is 1. The van der Waals surface area contributed by atoms with Crippen LogP contribution in [0, 0.1) is 20.8 Å². The van der Waals surface area contributed by atoms with Gasteiger partial charge in [0.05, 0.1) is 5.69 Å². The average molecular weight is 430 g/mol. The van der Waals surface area contributed by atoms with Crippen LogP contribution in [0.1, 0.15) is 39.3 Å². The highest BCUT2D eigenvalue weighted by Gasteiger charge is 2.31. The molecule has 1 heterocycles. The third-order valence-corrected chi connectivity index (χ3v) is 6.25. The van der Waals surface area contributed by atoms with Gasteiger partial charge in [-0.15, -0.1) is 0 Å². The topological polar surface area (TPSA) is 21.6 Å². The lowest BCUT2D eigenvalue weighted by molar-refractivity contribution is 0.489. The van der Waals surface area contributed by atoms with Crippen LogP contribution in [0.2, 0.25) is 0 Å². The van der Waals surface area contributed by atoms with E-state index in [0.29, 0.717) is 0 Å². The number of para-hydroxylation sites is 1. The lowest BCUT2D eigenvalue weighted by Gasteiger charge is -2.30. The lowest BCUT2D eigenvalue weighted by Crippen LogP contribution is -2.18. The summed E-state index contributed by atoms with van der Waals surface area (Å²) in [5.41, 5.74) is 9.17. The van der Waals surface area contributed by atoms with Crippen molar-refractivity contribution in [3.63, 3.8) is 0 Å². The maximum absolute atomic E-state index is 6.55. The van der Waals surface area contributed by atoms with Gasteiger partial charge in [0.25, 0.3) is 0 Å². The zero-order valence-corrected chi connectivity index (χ0v) is 19.2. The Morgan fingerprint density at radius 1 is 0.697 bits per heavy atom. The molecule has 0 spiro atoms. The van der Waals surface area contributed by atoms with Crippen molar-refractivity contribution in [1.82, 2.24) is 0 Å². The van der Waals surface area contributed by atoms with Crippen molar-refractivity contribution in [3.05, 3.63) is 136 Å². The van der Waals surface area contributed by atoms with Crippen molar-refractivity contribution < 1.29 is 4.74 Å². The van der Waals surface area contributed by atoms with Crippen molar-refractivity contribution in [3.8, 4) is 5.75 Å². The maximum atomic E-state index is 6.55. The summed E-state index contributed by atoms with van der Waals surface area (Å²) in [6.07, 6.45) is 2.01. The normalized spacial score (nSPS) is 15.4. The van der Waals surface area contributed by atoms with E-state index in [9.17, 15) is 0 Å². The number of aliphatic imine (C=N–C) groups is 1. The summed E-state index contributed by atoms with van der Waals surface area (Å²) >= 11 is 0. The molecule has 0 bridgehead atoms. The fraction of sp³-hybridized carbons (Fsp3) is 0.129. The molecule has 2 nitrogen and oxygen atoms in total. The quantitative estimate of drug-likeness (QED) is 0.302. The van der Waals surface area contributed by atoms with Crippen LogP contribution in [-0.4, -0.2) is 6.21 Å². The van der Waals surface area contributed by atoms with Crippen LogP contribution in [0.25, 0.3) is 5.76 Å². The smallest absolute Gasteiger partial charge is 0.140 e. The largest absolute Gasteiger partial charge is 0.456 e. The summed E-state index contributed by atoms with van der Waals surface area (Å²) in [5, 5.41) is 0. The van der Waals surface area contributed by atoms with Crippen LogP contribution in [0.5, 0.6) is 5.75 Å². The third-order valence-electron chi connectivity index (χ3n) is 6.25. The van der Waals surface area contributed by atoms with Crippen molar-refractivity contribution in [2.75, 3.05) is 0 Å². The SMILES string of the molecule is Cc1ccc(N=CC2=C(c3ccccc3)Oc3ccccc3[C@@H]2c2ccccc2C)c(C)c1. The van der Waals surface area contributed by atoms with Crippen molar-refractivity contribution in [2.45, 2.75) is 26.7 Å². The number of fused-ring (bicyclic) bond motifs is 1. The Morgan fingerprint density at radius 3 is 2.15 bits per heavy atom. The molecule has 5 rings (SSSR count). The number of hydrogen-bond acceptors (Lipinski definition) is 2. The first-order valence-corrected chi connectivity index (χ1v) is 11.3. The van der Waals surface area contributed by atoms with Crippen molar-refractivity contribution >= 4 is 17.7 Å². The second-order valence-corrected chi connectivity index (χ2v) is 8.63. The van der Waals surface area contributed by atoms with Crippen LogP contribution < -0.4 is 4.74 Å². The minimum atomic E-state index is 0.0286. The molecule has 0 aromatic heterocycles. The van der Waals surface area contributed by atoms with Gasteiger partial charge in [-0.1, -0.05) is 90.5 Å². The van der Waals surface area contributed by atoms with Gasteiger partial charge < -0.3 is 4.74 Å². The Balaban J connectivity index is 1.75. The standard InChI is InChI=1S/C31H27NO/c1-21-17-18-28(23(3)19-21)32-20-27-30(25-14-8-7-11-22(25)2)26-15-9-10-16-29(26)33-31(27)24-12-5-4-6-13-24/h4-20,30H,1-3H3/t30-/m0/s1. The molecule has 0 amide bonds. The molecular formula is C31H27NO. The molecule has 0 saturated heterocycles. The number of allylic oxidation sites excluding steroid dienone is 1. The zero-order valence-electron chi connectivity index (χ0n) is 19.2. The molecule has 2 heteroatoms. The number of hydrogen-bond donors (Lipinski definition) is 0. The number of benzene rings is 4. The highest BCUT2D eigenvalue weighted by Crippen LogP contribution is 2.46. The Hall–Kier alpha value is -3.91. The molecule has 0 unspecified atom stereocenters. The molecule has 0 N–H and O–H groups in total. The zero-order chi connectivity index (χ0) is 22.8. The van der Waals surface area contributed by atoms with E-state index in [2.05, 4.69) is 93.6 Å². The minimum absolute atomic E-state index is 0.0286. The van der Waals surface area contributed by atoms with Gasteiger partial charge in [0.1, 0.15) is 11.5 Å². The molecule has 4 aromatic rings. The predicted octanol–water partition coefficient (Wildman–Crippen LogP) is 7.95. The monoisotopic (exact) mass is 429 g/mol. The van der Waals surface area contributed by atoms with Gasteiger partial charge in [-0.2, -0.15) is 0 Å². The summed E-state index contributed by atoms with van der Waals surface area (Å²) in [5.74, 6) is 1.78. The predicted molar refractivity (Wildman–Crippen MR) is 138 cm³/mol. The van der Waals surface area contributed by atoms with E-state index in [-0.39, 0.29) is 5.92 Å². The van der Waals surface area contributed by atoms with Crippen molar-refractivity contribution in [2.24, 2.45) is 4.99 Å². The number of nitrogens with zero attached hydrogens (tertiary/aromatic N) is 1. The minimum Gasteiger partial charge on any atom is -0.456 e. The first-order valence-electron chi connectivity index (χ1n) is 11.3. The fourth-order valence-corrected chi connectivity index (χ4v) is 4.56. The highest BCUT2D eigenvalue weighted by molar-refractivity contribution is 5.95. The van der Waals surface area contributed by atoms with E-state index in [1.807, 2.05) is 30.5 Å².